The Bertz CT molecular complexity index is 1260. The number of ether oxygens (including phenoxy) is 1. The van der Waals surface area contributed by atoms with Crippen molar-refractivity contribution >= 4 is 68.9 Å². The summed E-state index contributed by atoms with van der Waals surface area (Å²) in [5.74, 6) is 0.950. The third-order valence-electron chi connectivity index (χ3n) is 4.35. The summed E-state index contributed by atoms with van der Waals surface area (Å²) in [6.07, 6.45) is 1.20. The molecule has 0 aliphatic carbocycles. The normalized spacial score (nSPS) is 10.9. The summed E-state index contributed by atoms with van der Waals surface area (Å²) < 4.78 is 11.2. The number of aryl methyl sites for hydroxylation is 1. The number of thioether (sulfide) groups is 1. The van der Waals surface area contributed by atoms with Gasteiger partial charge in [-0.3, -0.25) is 4.79 Å². The van der Waals surface area contributed by atoms with Crippen LogP contribution < -0.4 is 10.1 Å². The van der Waals surface area contributed by atoms with Crippen LogP contribution in [0.15, 0.2) is 57.5 Å². The number of benzene rings is 2. The third-order valence-corrected chi connectivity index (χ3v) is 6.71. The van der Waals surface area contributed by atoms with Crippen LogP contribution in [0.4, 0.5) is 5.13 Å². The van der Waals surface area contributed by atoms with E-state index in [1.54, 1.807) is 30.3 Å². The van der Waals surface area contributed by atoms with Gasteiger partial charge in [-0.15, -0.1) is 21.5 Å². The summed E-state index contributed by atoms with van der Waals surface area (Å²) in [6.45, 7) is 0.431. The van der Waals surface area contributed by atoms with Gasteiger partial charge in [-0.05, 0) is 36.8 Å². The fourth-order valence-corrected chi connectivity index (χ4v) is 4.67. The largest absolute Gasteiger partial charge is 0.492 e. The molecule has 0 saturated carbocycles. The average molecular weight is 556 g/mol. The lowest BCUT2D eigenvalue weighted by atomic mass is 10.2. The molecule has 12 heteroatoms. The highest BCUT2D eigenvalue weighted by Crippen LogP contribution is 2.28. The van der Waals surface area contributed by atoms with Crippen LogP contribution in [0.1, 0.15) is 12.3 Å². The summed E-state index contributed by atoms with van der Waals surface area (Å²) in [5, 5.41) is 15.1. The summed E-state index contributed by atoms with van der Waals surface area (Å²) in [5.41, 5.74) is 1.70. The Morgan fingerprint density at radius 2 is 1.88 bits per heavy atom. The first-order valence-corrected chi connectivity index (χ1v) is 13.0. The van der Waals surface area contributed by atoms with Crippen molar-refractivity contribution in [2.24, 2.45) is 0 Å². The summed E-state index contributed by atoms with van der Waals surface area (Å²) in [6, 6.07) is 12.4. The molecule has 4 aromatic rings. The maximum atomic E-state index is 12.3. The minimum Gasteiger partial charge on any atom is -0.492 e. The van der Waals surface area contributed by atoms with Gasteiger partial charge in [-0.25, -0.2) is 4.98 Å². The molecule has 2 heterocycles. The van der Waals surface area contributed by atoms with Gasteiger partial charge >= 0.3 is 0 Å². The Labute approximate surface area is 218 Å². The van der Waals surface area contributed by atoms with Crippen LogP contribution in [-0.4, -0.2) is 33.4 Å². The quantitative estimate of drug-likeness (QED) is 0.168. The van der Waals surface area contributed by atoms with Crippen LogP contribution in [0.5, 0.6) is 5.75 Å². The number of anilines is 1. The number of hydrogen-bond acceptors (Lipinski definition) is 8. The molecule has 0 fully saturated rings. The van der Waals surface area contributed by atoms with Gasteiger partial charge in [0, 0.05) is 27.4 Å². The lowest BCUT2D eigenvalue weighted by Crippen LogP contribution is -2.13. The minimum absolute atomic E-state index is 0.121. The molecule has 1 amide bonds. The maximum absolute atomic E-state index is 12.3. The molecule has 0 aliphatic rings. The number of hydrogen-bond donors (Lipinski definition) is 1. The van der Waals surface area contributed by atoms with Gasteiger partial charge in [0.15, 0.2) is 5.13 Å². The standard InChI is InChI=1S/C22H17Cl3N4O3S2/c23-14-5-3-13(4-6-14)17-11-33-21(26-17)27-19(30)12-34-22-29-28-20(32-22)2-1-9-31-18-8-7-15(24)10-16(18)25/h3-8,10-11H,1-2,9,12H2,(H,26,27,30). The second kappa shape index (κ2) is 11.9. The van der Waals surface area contributed by atoms with E-state index in [9.17, 15) is 4.79 Å². The first kappa shape index (κ1) is 24.8. The fraction of sp³-hybridized carbons (Fsp3) is 0.182. The maximum Gasteiger partial charge on any atom is 0.277 e. The molecule has 1 N–H and O–H groups in total. The van der Waals surface area contributed by atoms with E-state index in [1.807, 2.05) is 17.5 Å². The fourth-order valence-electron chi connectivity index (χ4n) is 2.76. The van der Waals surface area contributed by atoms with Gasteiger partial charge in [0.25, 0.3) is 5.22 Å². The molecule has 7 nitrogen and oxygen atoms in total. The number of carbonyl (C=O) groups is 1. The van der Waals surface area contributed by atoms with Crippen molar-refractivity contribution in [2.45, 2.75) is 18.1 Å². The van der Waals surface area contributed by atoms with Gasteiger partial charge in [0.1, 0.15) is 5.75 Å². The summed E-state index contributed by atoms with van der Waals surface area (Å²) in [4.78, 5) is 16.7. The van der Waals surface area contributed by atoms with Crippen LogP contribution in [0.3, 0.4) is 0 Å². The van der Waals surface area contributed by atoms with E-state index in [0.29, 0.717) is 56.5 Å². The van der Waals surface area contributed by atoms with E-state index in [2.05, 4.69) is 20.5 Å². The zero-order chi connectivity index (χ0) is 23.9. The van der Waals surface area contributed by atoms with Crippen molar-refractivity contribution in [1.29, 1.82) is 0 Å². The molecular formula is C22H17Cl3N4O3S2. The number of nitrogens with one attached hydrogen (secondary N) is 1. The molecule has 176 valence electrons. The Hall–Kier alpha value is -2.30. The van der Waals surface area contributed by atoms with Gasteiger partial charge in [-0.2, -0.15) is 0 Å². The predicted octanol–water partition coefficient (Wildman–Crippen LogP) is 6.90. The lowest BCUT2D eigenvalue weighted by Gasteiger charge is -2.07. The summed E-state index contributed by atoms with van der Waals surface area (Å²) >= 11 is 20.4. The second-order valence-corrected chi connectivity index (χ2v) is 9.93. The van der Waals surface area contributed by atoms with Gasteiger partial charge in [0.2, 0.25) is 11.8 Å². The van der Waals surface area contributed by atoms with E-state index in [-0.39, 0.29) is 11.7 Å². The van der Waals surface area contributed by atoms with Crippen LogP contribution in [0.2, 0.25) is 15.1 Å². The highest BCUT2D eigenvalue weighted by molar-refractivity contribution is 7.99. The highest BCUT2D eigenvalue weighted by Gasteiger charge is 2.12. The van der Waals surface area contributed by atoms with E-state index in [4.69, 9.17) is 44.0 Å². The van der Waals surface area contributed by atoms with Crippen molar-refractivity contribution in [3.05, 3.63) is 68.8 Å². The number of nitrogens with zero attached hydrogens (tertiary/aromatic N) is 3. The lowest BCUT2D eigenvalue weighted by molar-refractivity contribution is -0.113. The van der Waals surface area contributed by atoms with Crippen LogP contribution in [0, 0.1) is 0 Å². The van der Waals surface area contributed by atoms with Crippen LogP contribution in [0.25, 0.3) is 11.3 Å². The minimum atomic E-state index is -0.213. The SMILES string of the molecule is O=C(CSc1nnc(CCCOc2ccc(Cl)cc2Cl)o1)Nc1nc(-c2ccc(Cl)cc2)cs1. The van der Waals surface area contributed by atoms with E-state index >= 15 is 0 Å². The third kappa shape index (κ3) is 7.10. The molecule has 34 heavy (non-hydrogen) atoms. The molecule has 0 atom stereocenters. The number of rotatable bonds is 10. The first-order chi connectivity index (χ1) is 16.5. The monoisotopic (exact) mass is 554 g/mol. The van der Waals surface area contributed by atoms with Crippen molar-refractivity contribution in [2.75, 3.05) is 17.7 Å². The Morgan fingerprint density at radius 3 is 2.68 bits per heavy atom. The number of amides is 1. The summed E-state index contributed by atoms with van der Waals surface area (Å²) in [7, 11) is 0. The van der Waals surface area contributed by atoms with Crippen molar-refractivity contribution in [1.82, 2.24) is 15.2 Å². The van der Waals surface area contributed by atoms with Crippen LogP contribution in [-0.2, 0) is 11.2 Å². The van der Waals surface area contributed by atoms with Crippen molar-refractivity contribution in [3.8, 4) is 17.0 Å². The Kier molecular flexibility index (Phi) is 8.69. The molecule has 4 rings (SSSR count). The molecule has 0 radical (unpaired) electrons. The average Bonchev–Trinajstić information content (AvgIpc) is 3.47. The van der Waals surface area contributed by atoms with Gasteiger partial charge < -0.3 is 14.5 Å². The number of thiazole rings is 1. The molecular weight excluding hydrogens is 539 g/mol. The van der Waals surface area contributed by atoms with E-state index in [0.717, 1.165) is 23.0 Å². The van der Waals surface area contributed by atoms with Crippen molar-refractivity contribution < 1.29 is 13.9 Å². The van der Waals surface area contributed by atoms with Crippen molar-refractivity contribution in [3.63, 3.8) is 0 Å². The number of aromatic nitrogens is 3. The zero-order valence-electron chi connectivity index (χ0n) is 17.5. The van der Waals surface area contributed by atoms with E-state index < -0.39 is 0 Å². The number of carbonyl (C=O) groups excluding carboxylic acids is 1. The molecule has 0 unspecified atom stereocenters. The molecule has 0 aliphatic heterocycles. The topological polar surface area (TPSA) is 90.1 Å². The number of halogens is 3. The predicted molar refractivity (Wildman–Crippen MR) is 136 cm³/mol. The first-order valence-electron chi connectivity index (χ1n) is 10.0. The zero-order valence-corrected chi connectivity index (χ0v) is 21.4. The van der Waals surface area contributed by atoms with Gasteiger partial charge in [-0.1, -0.05) is 58.7 Å². The molecule has 0 saturated heterocycles. The molecule has 2 aromatic heterocycles. The molecule has 0 spiro atoms. The Morgan fingerprint density at radius 1 is 1.09 bits per heavy atom. The Balaban J connectivity index is 1.18. The second-order valence-electron chi connectivity index (χ2n) is 6.87. The van der Waals surface area contributed by atoms with Gasteiger partial charge in [0.05, 0.1) is 23.1 Å². The smallest absolute Gasteiger partial charge is 0.277 e. The van der Waals surface area contributed by atoms with E-state index in [1.165, 1.54) is 11.3 Å². The molecule has 0 bridgehead atoms. The highest BCUT2D eigenvalue weighted by atomic mass is 35.5. The van der Waals surface area contributed by atoms with Crippen LogP contribution >= 0.6 is 57.9 Å². The molecule has 2 aromatic carbocycles.